The summed E-state index contributed by atoms with van der Waals surface area (Å²) in [7, 11) is 0. The summed E-state index contributed by atoms with van der Waals surface area (Å²) in [6.45, 7) is 4.12. The number of carbonyl (C=O) groups excluding carboxylic acids is 1. The number of hydrogen-bond donors (Lipinski definition) is 2. The highest BCUT2D eigenvalue weighted by Crippen LogP contribution is 2.09. The van der Waals surface area contributed by atoms with Crippen molar-refractivity contribution >= 4 is 5.91 Å². The number of nitrogens with zero attached hydrogens (tertiary/aromatic N) is 1. The Morgan fingerprint density at radius 1 is 1.75 bits per heavy atom. The summed E-state index contributed by atoms with van der Waals surface area (Å²) >= 11 is 0. The number of likely N-dealkylation sites (N-methyl/N-ethyl adjacent to an activating group) is 1. The van der Waals surface area contributed by atoms with Gasteiger partial charge in [0.25, 0.3) is 0 Å². The van der Waals surface area contributed by atoms with Gasteiger partial charge in [-0.1, -0.05) is 6.92 Å². The van der Waals surface area contributed by atoms with Gasteiger partial charge in [-0.15, -0.1) is 0 Å². The smallest absolute Gasteiger partial charge is 0.239 e. The third kappa shape index (κ3) is 1.95. The van der Waals surface area contributed by atoms with Crippen LogP contribution < -0.4 is 5.32 Å². The number of rotatable bonds is 4. The van der Waals surface area contributed by atoms with Crippen molar-refractivity contribution in [3.63, 3.8) is 0 Å². The molecule has 12 heavy (non-hydrogen) atoms. The van der Waals surface area contributed by atoms with Crippen LogP contribution in [0.15, 0.2) is 0 Å². The molecule has 0 aliphatic carbocycles. The minimum absolute atomic E-state index is 0.0125. The number of hydrogen-bond acceptors (Lipinski definition) is 3. The van der Waals surface area contributed by atoms with Crippen LogP contribution in [0.5, 0.6) is 0 Å². The maximum Gasteiger partial charge on any atom is 0.239 e. The molecular formula is C8H16N2O2. The Balaban J connectivity index is 2.38. The van der Waals surface area contributed by atoms with Crippen LogP contribution in [-0.2, 0) is 4.79 Å². The van der Waals surface area contributed by atoms with Crippen LogP contribution in [0.3, 0.4) is 0 Å². The number of nitrogens with one attached hydrogen (secondary N) is 1. The van der Waals surface area contributed by atoms with Crippen molar-refractivity contribution in [1.82, 2.24) is 10.2 Å². The first-order chi connectivity index (χ1) is 5.79. The summed E-state index contributed by atoms with van der Waals surface area (Å²) < 4.78 is 0. The van der Waals surface area contributed by atoms with Crippen LogP contribution in [0.1, 0.15) is 13.3 Å². The molecule has 2 N–H and O–H groups in total. The zero-order chi connectivity index (χ0) is 8.97. The molecule has 0 bridgehead atoms. The van der Waals surface area contributed by atoms with Crippen molar-refractivity contribution in [2.75, 3.05) is 26.2 Å². The van der Waals surface area contributed by atoms with Gasteiger partial charge in [0.1, 0.15) is 0 Å². The first-order valence-electron chi connectivity index (χ1n) is 4.42. The quantitative estimate of drug-likeness (QED) is 0.583. The second kappa shape index (κ2) is 4.42. The lowest BCUT2D eigenvalue weighted by atomic mass is 10.2. The Bertz CT molecular complexity index is 145. The SMILES string of the molecule is CCNC1CCN(CCO)C1=O. The van der Waals surface area contributed by atoms with Gasteiger partial charge in [-0.05, 0) is 13.0 Å². The molecule has 1 heterocycles. The summed E-state index contributed by atoms with van der Waals surface area (Å²) in [6.07, 6.45) is 0.868. The van der Waals surface area contributed by atoms with E-state index < -0.39 is 0 Å². The van der Waals surface area contributed by atoms with Crippen molar-refractivity contribution in [3.8, 4) is 0 Å². The Morgan fingerprint density at radius 3 is 3.08 bits per heavy atom. The van der Waals surface area contributed by atoms with Crippen LogP contribution in [-0.4, -0.2) is 48.2 Å². The molecule has 1 unspecified atom stereocenters. The average molecular weight is 172 g/mol. The van der Waals surface area contributed by atoms with E-state index in [0.717, 1.165) is 19.5 Å². The van der Waals surface area contributed by atoms with Gasteiger partial charge in [-0.2, -0.15) is 0 Å². The molecule has 1 amide bonds. The van der Waals surface area contributed by atoms with E-state index in [1.54, 1.807) is 4.90 Å². The van der Waals surface area contributed by atoms with E-state index >= 15 is 0 Å². The topological polar surface area (TPSA) is 52.6 Å². The molecule has 0 saturated carbocycles. The van der Waals surface area contributed by atoms with Crippen LogP contribution >= 0.6 is 0 Å². The molecule has 4 heteroatoms. The maximum atomic E-state index is 11.4. The van der Waals surface area contributed by atoms with Crippen molar-refractivity contribution in [3.05, 3.63) is 0 Å². The van der Waals surface area contributed by atoms with Crippen LogP contribution in [0, 0.1) is 0 Å². The highest BCUT2D eigenvalue weighted by atomic mass is 16.3. The molecular weight excluding hydrogens is 156 g/mol. The van der Waals surface area contributed by atoms with Crippen LogP contribution in [0.2, 0.25) is 0 Å². The van der Waals surface area contributed by atoms with Crippen LogP contribution in [0.25, 0.3) is 0 Å². The lowest BCUT2D eigenvalue weighted by Crippen LogP contribution is -2.39. The summed E-state index contributed by atoms with van der Waals surface area (Å²) in [5.74, 6) is 0.130. The lowest BCUT2D eigenvalue weighted by molar-refractivity contribution is -0.129. The van der Waals surface area contributed by atoms with Crippen molar-refractivity contribution in [1.29, 1.82) is 0 Å². The zero-order valence-electron chi connectivity index (χ0n) is 7.42. The first-order valence-corrected chi connectivity index (χ1v) is 4.42. The predicted molar refractivity (Wildman–Crippen MR) is 45.7 cm³/mol. The lowest BCUT2D eigenvalue weighted by Gasteiger charge is -2.14. The van der Waals surface area contributed by atoms with Gasteiger partial charge in [0, 0.05) is 13.1 Å². The summed E-state index contributed by atoms with van der Waals surface area (Å²) in [6, 6.07) is -0.0125. The Morgan fingerprint density at radius 2 is 2.50 bits per heavy atom. The Hall–Kier alpha value is -0.610. The van der Waals surface area contributed by atoms with Gasteiger partial charge in [0.15, 0.2) is 0 Å². The van der Waals surface area contributed by atoms with E-state index in [9.17, 15) is 4.79 Å². The number of aliphatic hydroxyl groups is 1. The fourth-order valence-corrected chi connectivity index (χ4v) is 1.52. The minimum atomic E-state index is -0.0125. The summed E-state index contributed by atoms with van der Waals surface area (Å²) in [5.41, 5.74) is 0. The molecule has 1 aliphatic heterocycles. The summed E-state index contributed by atoms with van der Waals surface area (Å²) in [4.78, 5) is 13.1. The molecule has 4 nitrogen and oxygen atoms in total. The average Bonchev–Trinajstić information content (AvgIpc) is 2.38. The molecule has 0 spiro atoms. The third-order valence-electron chi connectivity index (χ3n) is 2.12. The van der Waals surface area contributed by atoms with Crippen LogP contribution in [0.4, 0.5) is 0 Å². The van der Waals surface area contributed by atoms with Crippen molar-refractivity contribution in [2.45, 2.75) is 19.4 Å². The van der Waals surface area contributed by atoms with Gasteiger partial charge < -0.3 is 15.3 Å². The standard InChI is InChI=1S/C8H16N2O2/c1-2-9-7-3-4-10(5-6-11)8(7)12/h7,9,11H,2-6H2,1H3. The second-order valence-corrected chi connectivity index (χ2v) is 2.95. The van der Waals surface area contributed by atoms with Gasteiger partial charge >= 0.3 is 0 Å². The fraction of sp³-hybridized carbons (Fsp3) is 0.875. The molecule has 1 fully saturated rings. The van der Waals surface area contributed by atoms with E-state index in [4.69, 9.17) is 5.11 Å². The molecule has 1 rings (SSSR count). The molecule has 1 aliphatic rings. The minimum Gasteiger partial charge on any atom is -0.395 e. The largest absolute Gasteiger partial charge is 0.395 e. The normalized spacial score (nSPS) is 23.7. The number of amides is 1. The predicted octanol–water partition coefficient (Wildman–Crippen LogP) is -0.811. The molecule has 0 aromatic carbocycles. The second-order valence-electron chi connectivity index (χ2n) is 2.95. The van der Waals surface area contributed by atoms with Crippen molar-refractivity contribution in [2.24, 2.45) is 0 Å². The van der Waals surface area contributed by atoms with E-state index in [0.29, 0.717) is 6.54 Å². The maximum absolute atomic E-state index is 11.4. The Labute approximate surface area is 72.6 Å². The molecule has 1 saturated heterocycles. The van der Waals surface area contributed by atoms with E-state index in [2.05, 4.69) is 5.32 Å². The monoisotopic (exact) mass is 172 g/mol. The Kier molecular flexibility index (Phi) is 3.49. The highest BCUT2D eigenvalue weighted by Gasteiger charge is 2.29. The number of β-amino-alcohol motifs (C(OH)–C–C–N with tert-alkyl or cyclic N) is 1. The van der Waals surface area contributed by atoms with Gasteiger partial charge in [0.05, 0.1) is 12.6 Å². The molecule has 70 valence electrons. The highest BCUT2D eigenvalue weighted by molar-refractivity contribution is 5.83. The molecule has 1 atom stereocenters. The van der Waals surface area contributed by atoms with Gasteiger partial charge in [-0.3, -0.25) is 4.79 Å². The van der Waals surface area contributed by atoms with E-state index in [1.807, 2.05) is 6.92 Å². The third-order valence-corrected chi connectivity index (χ3v) is 2.12. The number of likely N-dealkylation sites (tertiary alicyclic amines) is 1. The first kappa shape index (κ1) is 9.48. The molecule has 0 aromatic heterocycles. The van der Waals surface area contributed by atoms with Gasteiger partial charge in [-0.25, -0.2) is 0 Å². The number of carbonyl (C=O) groups is 1. The molecule has 0 radical (unpaired) electrons. The zero-order valence-corrected chi connectivity index (χ0v) is 7.42. The van der Waals surface area contributed by atoms with E-state index in [1.165, 1.54) is 0 Å². The van der Waals surface area contributed by atoms with E-state index in [-0.39, 0.29) is 18.6 Å². The number of aliphatic hydroxyl groups excluding tert-OH is 1. The fourth-order valence-electron chi connectivity index (χ4n) is 1.52. The van der Waals surface area contributed by atoms with Gasteiger partial charge in [0.2, 0.25) is 5.91 Å². The summed E-state index contributed by atoms with van der Waals surface area (Å²) in [5, 5.41) is 11.8. The molecule has 0 aromatic rings. The van der Waals surface area contributed by atoms with Crippen molar-refractivity contribution < 1.29 is 9.90 Å².